The largest absolute Gasteiger partial charge is 0.464 e. The van der Waals surface area contributed by atoms with Crippen molar-refractivity contribution in [3.05, 3.63) is 23.9 Å². The maximum atomic E-state index is 11.4. The van der Waals surface area contributed by atoms with Crippen LogP contribution in [0.15, 0.2) is 23.9 Å². The van der Waals surface area contributed by atoms with Gasteiger partial charge in [-0.15, -0.1) is 0 Å². The van der Waals surface area contributed by atoms with E-state index in [-0.39, 0.29) is 0 Å². The van der Waals surface area contributed by atoms with Gasteiger partial charge < -0.3 is 16.2 Å². The second kappa shape index (κ2) is 3.62. The van der Waals surface area contributed by atoms with Gasteiger partial charge in [-0.05, 0) is 13.0 Å². The van der Waals surface area contributed by atoms with Gasteiger partial charge in [-0.25, -0.2) is 4.79 Å². The van der Waals surface area contributed by atoms with Crippen molar-refractivity contribution < 1.29 is 9.53 Å². The first-order valence-electron chi connectivity index (χ1n) is 4.19. The minimum atomic E-state index is -1.03. The fraction of sp³-hybridized carbons (Fsp3) is 0.444. The number of carbonyl (C=O) groups excluding carboxylic acids is 1. The van der Waals surface area contributed by atoms with Gasteiger partial charge in [0.05, 0.1) is 6.61 Å². The first-order valence-corrected chi connectivity index (χ1v) is 4.19. The number of ether oxygens (including phenoxy) is 1. The van der Waals surface area contributed by atoms with Crippen LogP contribution in [0, 0.1) is 0 Å². The van der Waals surface area contributed by atoms with Gasteiger partial charge in [0.1, 0.15) is 5.54 Å². The van der Waals surface area contributed by atoms with Crippen LogP contribution in [0.4, 0.5) is 0 Å². The summed E-state index contributed by atoms with van der Waals surface area (Å²) in [6.45, 7) is 2.09. The van der Waals surface area contributed by atoms with Crippen molar-refractivity contribution in [3.8, 4) is 0 Å². The summed E-state index contributed by atoms with van der Waals surface area (Å²) in [5.41, 5.74) is 10.9. The number of rotatable bonds is 2. The van der Waals surface area contributed by atoms with Crippen molar-refractivity contribution in [1.82, 2.24) is 0 Å². The minimum absolute atomic E-state index is 0.338. The van der Waals surface area contributed by atoms with Crippen LogP contribution in [-0.4, -0.2) is 18.1 Å². The van der Waals surface area contributed by atoms with E-state index < -0.39 is 11.5 Å². The molecule has 0 aromatic carbocycles. The van der Waals surface area contributed by atoms with E-state index >= 15 is 0 Å². The van der Waals surface area contributed by atoms with Gasteiger partial charge >= 0.3 is 5.97 Å². The van der Waals surface area contributed by atoms with Crippen molar-refractivity contribution in [2.75, 3.05) is 6.61 Å². The first-order chi connectivity index (χ1) is 6.08. The molecule has 0 radical (unpaired) electrons. The fourth-order valence-corrected chi connectivity index (χ4v) is 1.08. The van der Waals surface area contributed by atoms with E-state index in [2.05, 4.69) is 0 Å². The molecule has 0 aliphatic heterocycles. The number of nitrogens with two attached hydrogens (primary N) is 2. The molecule has 0 saturated heterocycles. The van der Waals surface area contributed by atoms with Crippen molar-refractivity contribution in [2.45, 2.75) is 18.9 Å². The summed E-state index contributed by atoms with van der Waals surface area (Å²) >= 11 is 0. The minimum Gasteiger partial charge on any atom is -0.464 e. The molecule has 1 rings (SSSR count). The van der Waals surface area contributed by atoms with Gasteiger partial charge in [0.2, 0.25) is 0 Å². The summed E-state index contributed by atoms with van der Waals surface area (Å²) in [7, 11) is 0. The predicted molar refractivity (Wildman–Crippen MR) is 49.6 cm³/mol. The molecule has 0 fully saturated rings. The maximum absolute atomic E-state index is 11.4. The van der Waals surface area contributed by atoms with Crippen LogP contribution in [0.2, 0.25) is 0 Å². The third-order valence-electron chi connectivity index (χ3n) is 1.90. The smallest absolute Gasteiger partial charge is 0.330 e. The lowest BCUT2D eigenvalue weighted by Crippen LogP contribution is -2.48. The molecule has 4 heteroatoms. The summed E-state index contributed by atoms with van der Waals surface area (Å²) in [6.07, 6.45) is 5.33. The zero-order chi connectivity index (χ0) is 9.90. The van der Waals surface area contributed by atoms with Crippen molar-refractivity contribution in [3.63, 3.8) is 0 Å². The molecular weight excluding hydrogens is 168 g/mol. The first kappa shape index (κ1) is 9.80. The quantitative estimate of drug-likeness (QED) is 0.591. The Morgan fingerprint density at radius 2 is 2.46 bits per heavy atom. The summed E-state index contributed by atoms with van der Waals surface area (Å²) in [5.74, 6) is -0.407. The predicted octanol–water partition coefficient (Wildman–Crippen LogP) is 0.0495. The van der Waals surface area contributed by atoms with E-state index in [0.29, 0.717) is 18.7 Å². The van der Waals surface area contributed by atoms with Crippen LogP contribution in [0.1, 0.15) is 13.3 Å². The van der Waals surface area contributed by atoms with E-state index in [4.69, 9.17) is 16.2 Å². The number of esters is 1. The Labute approximate surface area is 77.2 Å². The van der Waals surface area contributed by atoms with E-state index in [1.807, 2.05) is 0 Å². The molecule has 13 heavy (non-hydrogen) atoms. The second-order valence-electron chi connectivity index (χ2n) is 3.00. The van der Waals surface area contributed by atoms with Gasteiger partial charge in [0, 0.05) is 12.1 Å². The Hall–Kier alpha value is -1.29. The number of carbonyl (C=O) groups is 1. The summed E-state index contributed by atoms with van der Waals surface area (Å²) in [6, 6.07) is 0. The van der Waals surface area contributed by atoms with Crippen molar-refractivity contribution in [2.24, 2.45) is 11.5 Å². The van der Waals surface area contributed by atoms with Crippen LogP contribution in [-0.2, 0) is 9.53 Å². The molecule has 1 unspecified atom stereocenters. The molecular formula is C9H14N2O2. The zero-order valence-corrected chi connectivity index (χ0v) is 7.62. The molecule has 0 spiro atoms. The third kappa shape index (κ3) is 2.09. The topological polar surface area (TPSA) is 78.3 Å². The average molecular weight is 182 g/mol. The lowest BCUT2D eigenvalue weighted by atomic mass is 9.92. The van der Waals surface area contributed by atoms with Gasteiger partial charge in [-0.3, -0.25) is 0 Å². The molecule has 4 N–H and O–H groups in total. The SMILES string of the molecule is CCOC(=O)C1(N)C=CC(N)=CC1. The second-order valence-corrected chi connectivity index (χ2v) is 3.00. The normalized spacial score (nSPS) is 26.8. The van der Waals surface area contributed by atoms with Gasteiger partial charge in [-0.2, -0.15) is 0 Å². The summed E-state index contributed by atoms with van der Waals surface area (Å²) < 4.78 is 4.83. The monoisotopic (exact) mass is 182 g/mol. The van der Waals surface area contributed by atoms with Gasteiger partial charge in [0.25, 0.3) is 0 Å². The Bertz CT molecular complexity index is 271. The van der Waals surface area contributed by atoms with Crippen molar-refractivity contribution >= 4 is 5.97 Å². The molecule has 0 aromatic heterocycles. The standard InChI is InChI=1S/C9H14N2O2/c1-2-13-8(12)9(11)5-3-7(10)4-6-9/h3-5H,2,6,10-11H2,1H3. The lowest BCUT2D eigenvalue weighted by Gasteiger charge is -2.24. The molecule has 1 aliphatic rings. The van der Waals surface area contributed by atoms with E-state index in [0.717, 1.165) is 0 Å². The summed E-state index contributed by atoms with van der Waals surface area (Å²) in [5, 5.41) is 0. The van der Waals surface area contributed by atoms with Crippen LogP contribution >= 0.6 is 0 Å². The highest BCUT2D eigenvalue weighted by molar-refractivity contribution is 5.84. The van der Waals surface area contributed by atoms with Crippen molar-refractivity contribution in [1.29, 1.82) is 0 Å². The molecule has 1 atom stereocenters. The van der Waals surface area contributed by atoms with E-state index in [9.17, 15) is 4.79 Å². The average Bonchev–Trinajstić information content (AvgIpc) is 2.11. The lowest BCUT2D eigenvalue weighted by molar-refractivity contribution is -0.147. The number of hydrogen-bond donors (Lipinski definition) is 2. The highest BCUT2D eigenvalue weighted by Gasteiger charge is 2.33. The number of hydrogen-bond acceptors (Lipinski definition) is 4. The third-order valence-corrected chi connectivity index (χ3v) is 1.90. The molecule has 0 heterocycles. The van der Waals surface area contributed by atoms with Crippen LogP contribution in [0.3, 0.4) is 0 Å². The highest BCUT2D eigenvalue weighted by atomic mass is 16.5. The Balaban J connectivity index is 2.70. The van der Waals surface area contributed by atoms with E-state index in [1.165, 1.54) is 0 Å². The fourth-order valence-electron chi connectivity index (χ4n) is 1.08. The van der Waals surface area contributed by atoms with Crippen LogP contribution in [0.25, 0.3) is 0 Å². The molecule has 0 saturated carbocycles. The molecule has 0 aromatic rings. The number of allylic oxidation sites excluding steroid dienone is 1. The van der Waals surface area contributed by atoms with E-state index in [1.54, 1.807) is 25.2 Å². The molecule has 0 bridgehead atoms. The van der Waals surface area contributed by atoms with Gasteiger partial charge in [0.15, 0.2) is 0 Å². The molecule has 0 amide bonds. The Morgan fingerprint density at radius 3 is 2.92 bits per heavy atom. The van der Waals surface area contributed by atoms with Crippen LogP contribution in [0.5, 0.6) is 0 Å². The van der Waals surface area contributed by atoms with Gasteiger partial charge in [-0.1, -0.05) is 12.2 Å². The Kier molecular flexibility index (Phi) is 2.72. The molecule has 72 valence electrons. The maximum Gasteiger partial charge on any atom is 0.330 e. The highest BCUT2D eigenvalue weighted by Crippen LogP contribution is 2.17. The zero-order valence-electron chi connectivity index (χ0n) is 7.62. The van der Waals surface area contributed by atoms with Crippen LogP contribution < -0.4 is 11.5 Å². The molecule has 1 aliphatic carbocycles. The summed E-state index contributed by atoms with van der Waals surface area (Å²) in [4.78, 5) is 11.4. The Morgan fingerprint density at radius 1 is 1.77 bits per heavy atom. The molecule has 4 nitrogen and oxygen atoms in total.